The number of oxime groups is 1. The lowest BCUT2D eigenvalue weighted by molar-refractivity contribution is 0.101. The SMILES string of the molecule is CCC(=NOc1cnccn1)c1ccc(NC(=O)c2c(F)cccc2F)nc1. The molecule has 0 bridgehead atoms. The van der Waals surface area contributed by atoms with Gasteiger partial charge in [-0.25, -0.2) is 18.7 Å². The van der Waals surface area contributed by atoms with Gasteiger partial charge in [-0.05, 0) is 30.7 Å². The van der Waals surface area contributed by atoms with Crippen LogP contribution in [-0.4, -0.2) is 26.6 Å². The number of amides is 1. The van der Waals surface area contributed by atoms with Crippen molar-refractivity contribution in [1.82, 2.24) is 15.0 Å². The summed E-state index contributed by atoms with van der Waals surface area (Å²) in [5, 5.41) is 6.39. The summed E-state index contributed by atoms with van der Waals surface area (Å²) in [4.78, 5) is 29.2. The molecule has 9 heteroatoms. The standard InChI is InChI=1S/C19H15F2N5O2/c1-2-15(26-28-17-11-22-8-9-23-17)12-6-7-16(24-10-12)25-19(27)18-13(20)4-3-5-14(18)21/h3-11H,2H2,1H3,(H,24,25,27). The maximum atomic E-state index is 13.7. The molecule has 3 aromatic rings. The monoisotopic (exact) mass is 383 g/mol. The van der Waals surface area contributed by atoms with Gasteiger partial charge in [0.15, 0.2) is 0 Å². The second kappa shape index (κ2) is 8.76. The molecule has 2 aromatic heterocycles. The van der Waals surface area contributed by atoms with Crippen LogP contribution in [0.5, 0.6) is 5.88 Å². The third-order valence-electron chi connectivity index (χ3n) is 3.65. The highest BCUT2D eigenvalue weighted by molar-refractivity contribution is 6.04. The number of hydrogen-bond donors (Lipinski definition) is 1. The molecule has 0 aliphatic rings. The molecule has 2 heterocycles. The Morgan fingerprint density at radius 3 is 2.50 bits per heavy atom. The van der Waals surface area contributed by atoms with Crippen LogP contribution >= 0.6 is 0 Å². The Hall–Kier alpha value is -3.75. The first-order valence-corrected chi connectivity index (χ1v) is 8.30. The van der Waals surface area contributed by atoms with Crippen molar-refractivity contribution in [1.29, 1.82) is 0 Å². The van der Waals surface area contributed by atoms with Crippen LogP contribution in [0.2, 0.25) is 0 Å². The molecule has 1 aromatic carbocycles. The van der Waals surface area contributed by atoms with Gasteiger partial charge in [0.05, 0.1) is 11.9 Å². The third kappa shape index (κ3) is 4.50. The van der Waals surface area contributed by atoms with Gasteiger partial charge in [0.2, 0.25) is 0 Å². The van der Waals surface area contributed by atoms with E-state index in [1.807, 2.05) is 6.92 Å². The molecule has 0 atom stereocenters. The largest absolute Gasteiger partial charge is 0.335 e. The first-order valence-electron chi connectivity index (χ1n) is 8.30. The van der Waals surface area contributed by atoms with Crippen LogP contribution in [0.25, 0.3) is 0 Å². The number of nitrogens with one attached hydrogen (secondary N) is 1. The molecule has 1 N–H and O–H groups in total. The van der Waals surface area contributed by atoms with E-state index < -0.39 is 23.1 Å². The summed E-state index contributed by atoms with van der Waals surface area (Å²) >= 11 is 0. The number of hydrogen-bond acceptors (Lipinski definition) is 6. The summed E-state index contributed by atoms with van der Waals surface area (Å²) in [6.07, 6.45) is 6.44. The van der Waals surface area contributed by atoms with Crippen molar-refractivity contribution in [2.45, 2.75) is 13.3 Å². The summed E-state index contributed by atoms with van der Waals surface area (Å²) in [6, 6.07) is 6.36. The van der Waals surface area contributed by atoms with Crippen LogP contribution in [-0.2, 0) is 0 Å². The molecule has 0 spiro atoms. The lowest BCUT2D eigenvalue weighted by atomic mass is 10.1. The average molecular weight is 383 g/mol. The van der Waals surface area contributed by atoms with E-state index in [4.69, 9.17) is 4.84 Å². The Morgan fingerprint density at radius 2 is 1.89 bits per heavy atom. The summed E-state index contributed by atoms with van der Waals surface area (Å²) < 4.78 is 27.4. The molecule has 0 saturated carbocycles. The molecule has 0 radical (unpaired) electrons. The highest BCUT2D eigenvalue weighted by atomic mass is 19.1. The van der Waals surface area contributed by atoms with Gasteiger partial charge in [0.1, 0.15) is 23.0 Å². The number of pyridine rings is 1. The fourth-order valence-electron chi connectivity index (χ4n) is 2.29. The van der Waals surface area contributed by atoms with E-state index in [0.717, 1.165) is 12.1 Å². The molecular weight excluding hydrogens is 368 g/mol. The Balaban J connectivity index is 1.72. The predicted octanol–water partition coefficient (Wildman–Crippen LogP) is 3.60. The van der Waals surface area contributed by atoms with E-state index in [1.165, 1.54) is 36.9 Å². The fourth-order valence-corrected chi connectivity index (χ4v) is 2.29. The molecule has 0 fully saturated rings. The maximum absolute atomic E-state index is 13.7. The number of anilines is 1. The lowest BCUT2D eigenvalue weighted by Gasteiger charge is -2.08. The minimum absolute atomic E-state index is 0.140. The van der Waals surface area contributed by atoms with Gasteiger partial charge in [0, 0.05) is 24.2 Å². The molecule has 28 heavy (non-hydrogen) atoms. The van der Waals surface area contributed by atoms with Crippen molar-refractivity contribution in [2.75, 3.05) is 5.32 Å². The Kier molecular flexibility index (Phi) is 5.95. The first-order chi connectivity index (χ1) is 13.6. The van der Waals surface area contributed by atoms with Gasteiger partial charge in [-0.1, -0.05) is 18.1 Å². The third-order valence-corrected chi connectivity index (χ3v) is 3.65. The van der Waals surface area contributed by atoms with Crippen LogP contribution in [0.1, 0.15) is 29.3 Å². The maximum Gasteiger partial charge on any atom is 0.267 e. The molecule has 7 nitrogen and oxygen atoms in total. The van der Waals surface area contributed by atoms with E-state index in [2.05, 4.69) is 25.4 Å². The lowest BCUT2D eigenvalue weighted by Crippen LogP contribution is -2.16. The smallest absolute Gasteiger partial charge is 0.267 e. The molecule has 3 rings (SSSR count). The minimum Gasteiger partial charge on any atom is -0.335 e. The molecule has 0 unspecified atom stereocenters. The molecule has 0 saturated heterocycles. The Morgan fingerprint density at radius 1 is 1.11 bits per heavy atom. The molecule has 0 aliphatic heterocycles. The number of halogens is 2. The van der Waals surface area contributed by atoms with Crippen LogP contribution in [0.15, 0.2) is 60.3 Å². The number of benzene rings is 1. The second-order valence-corrected chi connectivity index (χ2v) is 5.51. The summed E-state index contributed by atoms with van der Waals surface area (Å²) in [5.41, 5.74) is 0.583. The van der Waals surface area contributed by atoms with Crippen molar-refractivity contribution in [2.24, 2.45) is 5.16 Å². The highest BCUT2D eigenvalue weighted by Gasteiger charge is 2.17. The van der Waals surface area contributed by atoms with Crippen molar-refractivity contribution in [3.63, 3.8) is 0 Å². The number of rotatable bonds is 6. The van der Waals surface area contributed by atoms with Crippen LogP contribution < -0.4 is 10.2 Å². The Labute approximate surface area is 159 Å². The van der Waals surface area contributed by atoms with Crippen molar-refractivity contribution >= 4 is 17.4 Å². The van der Waals surface area contributed by atoms with Gasteiger partial charge in [-0.15, -0.1) is 0 Å². The van der Waals surface area contributed by atoms with Crippen molar-refractivity contribution in [3.8, 4) is 5.88 Å². The molecule has 1 amide bonds. The van der Waals surface area contributed by atoms with Gasteiger partial charge in [-0.2, -0.15) is 0 Å². The van der Waals surface area contributed by atoms with E-state index in [-0.39, 0.29) is 11.7 Å². The summed E-state index contributed by atoms with van der Waals surface area (Å²) in [5.74, 6) is -2.43. The van der Waals surface area contributed by atoms with Gasteiger partial charge in [0.25, 0.3) is 11.8 Å². The second-order valence-electron chi connectivity index (χ2n) is 5.51. The zero-order chi connectivity index (χ0) is 19.9. The fraction of sp³-hybridized carbons (Fsp3) is 0.105. The minimum atomic E-state index is -0.948. The van der Waals surface area contributed by atoms with Gasteiger partial charge in [-0.3, -0.25) is 9.78 Å². The van der Waals surface area contributed by atoms with E-state index in [9.17, 15) is 13.6 Å². The van der Waals surface area contributed by atoms with Crippen LogP contribution in [0.4, 0.5) is 14.6 Å². The molecular formula is C19H15F2N5O2. The zero-order valence-corrected chi connectivity index (χ0v) is 14.8. The number of nitrogens with zero attached hydrogens (tertiary/aromatic N) is 4. The number of carbonyl (C=O) groups is 1. The normalized spacial score (nSPS) is 11.2. The summed E-state index contributed by atoms with van der Waals surface area (Å²) in [6.45, 7) is 1.88. The van der Waals surface area contributed by atoms with E-state index in [0.29, 0.717) is 17.7 Å². The van der Waals surface area contributed by atoms with Gasteiger partial charge < -0.3 is 10.2 Å². The van der Waals surface area contributed by atoms with Crippen LogP contribution in [0, 0.1) is 11.6 Å². The molecule has 142 valence electrons. The van der Waals surface area contributed by atoms with E-state index >= 15 is 0 Å². The summed E-state index contributed by atoms with van der Waals surface area (Å²) in [7, 11) is 0. The average Bonchev–Trinajstić information content (AvgIpc) is 2.70. The van der Waals surface area contributed by atoms with Crippen molar-refractivity contribution in [3.05, 3.63) is 77.9 Å². The topological polar surface area (TPSA) is 89.4 Å². The number of aromatic nitrogens is 3. The number of carbonyl (C=O) groups excluding carboxylic acids is 1. The molecule has 0 aliphatic carbocycles. The highest BCUT2D eigenvalue weighted by Crippen LogP contribution is 2.15. The predicted molar refractivity (Wildman–Crippen MR) is 98.0 cm³/mol. The zero-order valence-electron chi connectivity index (χ0n) is 14.8. The van der Waals surface area contributed by atoms with E-state index in [1.54, 1.807) is 6.07 Å². The van der Waals surface area contributed by atoms with Crippen molar-refractivity contribution < 1.29 is 18.4 Å². The van der Waals surface area contributed by atoms with Gasteiger partial charge >= 0.3 is 0 Å². The quantitative estimate of drug-likeness (QED) is 0.519. The van der Waals surface area contributed by atoms with Crippen LogP contribution in [0.3, 0.4) is 0 Å². The first kappa shape index (κ1) is 19.0. The Bertz CT molecular complexity index is 975.